The van der Waals surface area contributed by atoms with E-state index in [1.807, 2.05) is 18.5 Å². The van der Waals surface area contributed by atoms with E-state index in [1.54, 1.807) is 12.1 Å². The van der Waals surface area contributed by atoms with Crippen LogP contribution in [0.2, 0.25) is 0 Å². The van der Waals surface area contributed by atoms with Gasteiger partial charge in [0.2, 0.25) is 0 Å². The number of nitrogens with one attached hydrogen (secondary N) is 2. The Hall–Kier alpha value is -3.45. The zero-order chi connectivity index (χ0) is 21.2. The average Bonchev–Trinajstić information content (AvgIpc) is 2.80. The highest BCUT2D eigenvalue weighted by Gasteiger charge is 2.20. The molecule has 2 N–H and O–H groups in total. The Morgan fingerprint density at radius 2 is 1.74 bits per heavy atom. The molecule has 1 aromatic heterocycles. The Morgan fingerprint density at radius 3 is 2.55 bits per heavy atom. The molecule has 0 saturated carbocycles. The molecule has 2 aliphatic heterocycles. The molecule has 0 unspecified atom stereocenters. The summed E-state index contributed by atoms with van der Waals surface area (Å²) in [6, 6.07) is 14.7. The molecule has 0 radical (unpaired) electrons. The summed E-state index contributed by atoms with van der Waals surface area (Å²) < 4.78 is 13.2. The molecule has 0 aliphatic carbocycles. The van der Waals surface area contributed by atoms with Crippen molar-refractivity contribution in [1.29, 1.82) is 0 Å². The molecular formula is C24H24FN5O. The number of benzene rings is 2. The van der Waals surface area contributed by atoms with Crippen LogP contribution in [0.5, 0.6) is 0 Å². The van der Waals surface area contributed by atoms with Crippen molar-refractivity contribution >= 4 is 17.4 Å². The van der Waals surface area contributed by atoms with Crippen molar-refractivity contribution in [2.24, 2.45) is 0 Å². The predicted octanol–water partition coefficient (Wildman–Crippen LogP) is 3.85. The monoisotopic (exact) mass is 417 g/mol. The quantitative estimate of drug-likeness (QED) is 0.677. The Kier molecular flexibility index (Phi) is 5.26. The Morgan fingerprint density at radius 1 is 0.935 bits per heavy atom. The molecular weight excluding hydrogens is 393 g/mol. The summed E-state index contributed by atoms with van der Waals surface area (Å²) in [4.78, 5) is 20.7. The maximum Gasteiger partial charge on any atom is 0.319 e. The molecule has 2 amide bonds. The van der Waals surface area contributed by atoms with Gasteiger partial charge in [-0.3, -0.25) is 9.88 Å². The first kappa shape index (κ1) is 19.5. The number of anilines is 2. The summed E-state index contributed by atoms with van der Waals surface area (Å²) >= 11 is 0. The summed E-state index contributed by atoms with van der Waals surface area (Å²) in [6.45, 7) is 5.23. The SMILES string of the molecule is O=C1NCc2cc(N3CCN(Cc4cncc(-c5ccc(F)cc5)c4)CC3)ccc2N1. The average molecular weight is 417 g/mol. The van der Waals surface area contributed by atoms with Crippen LogP contribution in [0.1, 0.15) is 11.1 Å². The number of fused-ring (bicyclic) bond motifs is 1. The van der Waals surface area contributed by atoms with Crippen molar-refractivity contribution < 1.29 is 9.18 Å². The van der Waals surface area contributed by atoms with E-state index in [1.165, 1.54) is 17.8 Å². The number of halogens is 1. The molecule has 1 saturated heterocycles. The van der Waals surface area contributed by atoms with Gasteiger partial charge in [0, 0.05) is 68.6 Å². The number of hydrogen-bond donors (Lipinski definition) is 2. The van der Waals surface area contributed by atoms with Crippen molar-refractivity contribution in [2.75, 3.05) is 36.4 Å². The summed E-state index contributed by atoms with van der Waals surface area (Å²) in [7, 11) is 0. The lowest BCUT2D eigenvalue weighted by atomic mass is 10.1. The lowest BCUT2D eigenvalue weighted by Crippen LogP contribution is -2.46. The number of hydrogen-bond acceptors (Lipinski definition) is 4. The first-order valence-electron chi connectivity index (χ1n) is 10.5. The Labute approximate surface area is 180 Å². The largest absolute Gasteiger partial charge is 0.369 e. The van der Waals surface area contributed by atoms with Crippen LogP contribution in [0, 0.1) is 5.82 Å². The van der Waals surface area contributed by atoms with Gasteiger partial charge in [0.15, 0.2) is 0 Å². The number of nitrogens with zero attached hydrogens (tertiary/aromatic N) is 3. The van der Waals surface area contributed by atoms with Crippen molar-refractivity contribution in [1.82, 2.24) is 15.2 Å². The van der Waals surface area contributed by atoms with Gasteiger partial charge >= 0.3 is 6.03 Å². The number of rotatable bonds is 4. The Balaban J connectivity index is 1.21. The molecule has 0 spiro atoms. The van der Waals surface area contributed by atoms with Gasteiger partial charge in [0.05, 0.1) is 0 Å². The highest BCUT2D eigenvalue weighted by Crippen LogP contribution is 2.26. The van der Waals surface area contributed by atoms with E-state index in [4.69, 9.17) is 0 Å². The lowest BCUT2D eigenvalue weighted by molar-refractivity contribution is 0.249. The second kappa shape index (κ2) is 8.35. The summed E-state index contributed by atoms with van der Waals surface area (Å²) in [5.74, 6) is -0.231. The second-order valence-corrected chi connectivity index (χ2v) is 8.00. The van der Waals surface area contributed by atoms with Gasteiger partial charge in [0.1, 0.15) is 5.82 Å². The van der Waals surface area contributed by atoms with E-state index >= 15 is 0 Å². The van der Waals surface area contributed by atoms with Crippen LogP contribution in [-0.4, -0.2) is 42.1 Å². The molecule has 6 nitrogen and oxygen atoms in total. The number of carbonyl (C=O) groups is 1. The summed E-state index contributed by atoms with van der Waals surface area (Å²) in [5.41, 5.74) is 6.33. The zero-order valence-electron chi connectivity index (χ0n) is 17.1. The van der Waals surface area contributed by atoms with E-state index in [9.17, 15) is 9.18 Å². The minimum atomic E-state index is -0.231. The standard InChI is InChI=1S/C24H24FN5O/c25-21-3-1-18(2-4-21)19-11-17(13-26-14-19)16-29-7-9-30(10-8-29)22-5-6-23-20(12-22)15-27-24(31)28-23/h1-6,11-14H,7-10,15-16H2,(H2,27,28,31). The van der Waals surface area contributed by atoms with Gasteiger partial charge in [-0.15, -0.1) is 0 Å². The molecule has 0 atom stereocenters. The van der Waals surface area contributed by atoms with E-state index < -0.39 is 0 Å². The van der Waals surface area contributed by atoms with Crippen LogP contribution < -0.4 is 15.5 Å². The van der Waals surface area contributed by atoms with Crippen molar-refractivity contribution in [2.45, 2.75) is 13.1 Å². The number of piperazine rings is 1. The fourth-order valence-corrected chi connectivity index (χ4v) is 4.18. The summed E-state index contributed by atoms with van der Waals surface area (Å²) in [5, 5.41) is 5.66. The molecule has 1 fully saturated rings. The molecule has 0 bridgehead atoms. The zero-order valence-corrected chi connectivity index (χ0v) is 17.1. The van der Waals surface area contributed by atoms with Gasteiger partial charge in [-0.25, -0.2) is 9.18 Å². The topological polar surface area (TPSA) is 60.5 Å². The van der Waals surface area contributed by atoms with Crippen LogP contribution >= 0.6 is 0 Å². The van der Waals surface area contributed by atoms with Crippen LogP contribution in [0.4, 0.5) is 20.6 Å². The first-order chi connectivity index (χ1) is 15.1. The number of amides is 2. The number of pyridine rings is 1. The molecule has 5 rings (SSSR count). The van der Waals surface area contributed by atoms with Crippen LogP contribution in [-0.2, 0) is 13.1 Å². The van der Waals surface area contributed by atoms with Gasteiger partial charge in [0.25, 0.3) is 0 Å². The van der Waals surface area contributed by atoms with Crippen LogP contribution in [0.3, 0.4) is 0 Å². The van der Waals surface area contributed by atoms with Gasteiger partial charge in [-0.2, -0.15) is 0 Å². The minimum absolute atomic E-state index is 0.146. The smallest absolute Gasteiger partial charge is 0.319 e. The lowest BCUT2D eigenvalue weighted by Gasteiger charge is -2.36. The van der Waals surface area contributed by atoms with E-state index in [0.717, 1.165) is 60.7 Å². The fourth-order valence-electron chi connectivity index (χ4n) is 4.18. The molecule has 2 aliphatic rings. The highest BCUT2D eigenvalue weighted by atomic mass is 19.1. The van der Waals surface area contributed by atoms with Gasteiger partial charge in [-0.05, 0) is 53.1 Å². The maximum atomic E-state index is 13.2. The normalized spacial score (nSPS) is 16.4. The number of carbonyl (C=O) groups excluding carboxylic acids is 1. The molecule has 3 heterocycles. The van der Waals surface area contributed by atoms with E-state index in [0.29, 0.717) is 6.54 Å². The molecule has 2 aromatic carbocycles. The van der Waals surface area contributed by atoms with Crippen molar-refractivity contribution in [3.8, 4) is 11.1 Å². The Bertz CT molecular complexity index is 1090. The van der Waals surface area contributed by atoms with E-state index in [-0.39, 0.29) is 11.8 Å². The third-order valence-corrected chi connectivity index (χ3v) is 5.89. The van der Waals surface area contributed by atoms with Gasteiger partial charge in [-0.1, -0.05) is 12.1 Å². The molecule has 158 valence electrons. The predicted molar refractivity (Wildman–Crippen MR) is 119 cm³/mol. The van der Waals surface area contributed by atoms with E-state index in [2.05, 4.69) is 43.6 Å². The molecule has 3 aromatic rings. The maximum absolute atomic E-state index is 13.2. The van der Waals surface area contributed by atoms with Crippen LogP contribution in [0.15, 0.2) is 60.9 Å². The number of urea groups is 1. The fraction of sp³-hybridized carbons (Fsp3) is 0.250. The summed E-state index contributed by atoms with van der Waals surface area (Å²) in [6.07, 6.45) is 3.73. The number of aromatic nitrogens is 1. The van der Waals surface area contributed by atoms with Crippen molar-refractivity contribution in [3.63, 3.8) is 0 Å². The van der Waals surface area contributed by atoms with Crippen molar-refractivity contribution in [3.05, 3.63) is 77.9 Å². The first-order valence-corrected chi connectivity index (χ1v) is 10.5. The van der Waals surface area contributed by atoms with Gasteiger partial charge < -0.3 is 15.5 Å². The minimum Gasteiger partial charge on any atom is -0.369 e. The third kappa shape index (κ3) is 4.36. The second-order valence-electron chi connectivity index (χ2n) is 8.00. The molecule has 31 heavy (non-hydrogen) atoms. The highest BCUT2D eigenvalue weighted by molar-refractivity contribution is 5.92. The van der Waals surface area contributed by atoms with Crippen LogP contribution in [0.25, 0.3) is 11.1 Å². The molecule has 7 heteroatoms. The third-order valence-electron chi connectivity index (χ3n) is 5.89.